The molecule has 2 aromatic heterocycles. The van der Waals surface area contributed by atoms with Crippen LogP contribution in [0.3, 0.4) is 0 Å². The van der Waals surface area contributed by atoms with Gasteiger partial charge in [-0.25, -0.2) is 9.97 Å². The van der Waals surface area contributed by atoms with Gasteiger partial charge in [-0.05, 0) is 37.8 Å². The number of benzene rings is 1. The molecule has 1 atom stereocenters. The number of nitrogens with one attached hydrogen (secondary N) is 1. The van der Waals surface area contributed by atoms with Gasteiger partial charge in [0.25, 0.3) is 0 Å². The lowest BCUT2D eigenvalue weighted by atomic mass is 10.2. The standard InChI is InChI=1S/C16H20N6O/c1-9(10-6-7-10)18-8-13-19-15-11-4-3-5-12(23-2)14(11)20-16(17)22(15)21-13/h3-5,9-10,18H,6-8H2,1-2H3,(H2,17,20)/t9-/m1/s1. The summed E-state index contributed by atoms with van der Waals surface area (Å²) in [6.07, 6.45) is 2.63. The van der Waals surface area contributed by atoms with Gasteiger partial charge in [0.2, 0.25) is 5.95 Å². The van der Waals surface area contributed by atoms with Crippen molar-refractivity contribution in [3.8, 4) is 5.75 Å². The summed E-state index contributed by atoms with van der Waals surface area (Å²) in [6, 6.07) is 6.23. The molecule has 7 nitrogen and oxygen atoms in total. The Morgan fingerprint density at radius 1 is 1.39 bits per heavy atom. The van der Waals surface area contributed by atoms with E-state index in [1.54, 1.807) is 11.6 Å². The van der Waals surface area contributed by atoms with E-state index in [4.69, 9.17) is 10.5 Å². The largest absolute Gasteiger partial charge is 0.494 e. The Kier molecular flexibility index (Phi) is 3.30. The molecule has 4 rings (SSSR count). The van der Waals surface area contributed by atoms with Gasteiger partial charge in [-0.1, -0.05) is 6.07 Å². The van der Waals surface area contributed by atoms with Crippen LogP contribution in [0.5, 0.6) is 5.75 Å². The van der Waals surface area contributed by atoms with Crippen molar-refractivity contribution in [2.45, 2.75) is 32.4 Å². The number of ether oxygens (including phenoxy) is 1. The maximum absolute atomic E-state index is 6.05. The fourth-order valence-electron chi connectivity index (χ4n) is 2.92. The molecule has 0 unspecified atom stereocenters. The van der Waals surface area contributed by atoms with E-state index < -0.39 is 0 Å². The highest BCUT2D eigenvalue weighted by Gasteiger charge is 2.27. The zero-order chi connectivity index (χ0) is 16.0. The second kappa shape index (κ2) is 5.34. The van der Waals surface area contributed by atoms with Gasteiger partial charge in [0, 0.05) is 11.4 Å². The van der Waals surface area contributed by atoms with Crippen molar-refractivity contribution >= 4 is 22.5 Å². The Morgan fingerprint density at radius 3 is 2.96 bits per heavy atom. The van der Waals surface area contributed by atoms with Gasteiger partial charge in [-0.3, -0.25) is 0 Å². The van der Waals surface area contributed by atoms with Crippen LogP contribution >= 0.6 is 0 Å². The zero-order valence-electron chi connectivity index (χ0n) is 13.3. The molecule has 1 saturated carbocycles. The molecular formula is C16H20N6O. The highest BCUT2D eigenvalue weighted by molar-refractivity contribution is 5.95. The Bertz CT molecular complexity index is 870. The molecule has 120 valence electrons. The molecule has 0 spiro atoms. The first kappa shape index (κ1) is 14.2. The normalized spacial score (nSPS) is 16.1. The van der Waals surface area contributed by atoms with Crippen LogP contribution in [0, 0.1) is 5.92 Å². The van der Waals surface area contributed by atoms with Crippen LogP contribution in [0.2, 0.25) is 0 Å². The molecule has 3 N–H and O–H groups in total. The lowest BCUT2D eigenvalue weighted by Crippen LogP contribution is -2.27. The second-order valence-corrected chi connectivity index (χ2v) is 6.10. The van der Waals surface area contributed by atoms with E-state index in [1.165, 1.54) is 12.8 Å². The predicted molar refractivity (Wildman–Crippen MR) is 88.3 cm³/mol. The highest BCUT2D eigenvalue weighted by Crippen LogP contribution is 2.32. The first-order chi connectivity index (χ1) is 11.2. The second-order valence-electron chi connectivity index (χ2n) is 6.10. The Hall–Kier alpha value is -2.41. The van der Waals surface area contributed by atoms with Crippen molar-refractivity contribution in [3.63, 3.8) is 0 Å². The van der Waals surface area contributed by atoms with Crippen molar-refractivity contribution in [3.05, 3.63) is 24.0 Å². The van der Waals surface area contributed by atoms with E-state index in [2.05, 4.69) is 27.3 Å². The van der Waals surface area contributed by atoms with E-state index in [1.807, 2.05) is 18.2 Å². The summed E-state index contributed by atoms with van der Waals surface area (Å²) in [6.45, 7) is 2.84. The van der Waals surface area contributed by atoms with Crippen molar-refractivity contribution in [1.29, 1.82) is 0 Å². The molecule has 7 heteroatoms. The topological polar surface area (TPSA) is 90.4 Å². The van der Waals surface area contributed by atoms with E-state index in [9.17, 15) is 0 Å². The lowest BCUT2D eigenvalue weighted by molar-refractivity contribution is 0.419. The Morgan fingerprint density at radius 2 is 2.22 bits per heavy atom. The third kappa shape index (κ3) is 2.46. The third-order valence-electron chi connectivity index (χ3n) is 4.47. The minimum atomic E-state index is 0.311. The van der Waals surface area contributed by atoms with Crippen molar-refractivity contribution in [2.75, 3.05) is 12.8 Å². The molecule has 0 bridgehead atoms. The third-order valence-corrected chi connectivity index (χ3v) is 4.47. The molecule has 0 saturated heterocycles. The average Bonchev–Trinajstić information content (AvgIpc) is 3.31. The number of nitrogen functional groups attached to an aromatic ring is 1. The molecule has 1 aliphatic rings. The number of anilines is 1. The predicted octanol–water partition coefficient (Wildman–Crippen LogP) is 1.76. The summed E-state index contributed by atoms with van der Waals surface area (Å²) >= 11 is 0. The van der Waals surface area contributed by atoms with Crippen LogP contribution in [-0.2, 0) is 6.54 Å². The molecule has 0 amide bonds. The van der Waals surface area contributed by atoms with Crippen molar-refractivity contribution in [2.24, 2.45) is 5.92 Å². The first-order valence-electron chi connectivity index (χ1n) is 7.88. The van der Waals surface area contributed by atoms with E-state index in [0.29, 0.717) is 35.4 Å². The Balaban J connectivity index is 1.74. The highest BCUT2D eigenvalue weighted by atomic mass is 16.5. The van der Waals surface area contributed by atoms with E-state index in [-0.39, 0.29) is 0 Å². The van der Waals surface area contributed by atoms with Gasteiger partial charge in [0.15, 0.2) is 11.5 Å². The number of rotatable bonds is 5. The summed E-state index contributed by atoms with van der Waals surface area (Å²) in [5.74, 6) is 2.51. The van der Waals surface area contributed by atoms with Gasteiger partial charge >= 0.3 is 0 Å². The maximum Gasteiger partial charge on any atom is 0.223 e. The number of hydrogen-bond donors (Lipinski definition) is 2. The molecule has 1 aromatic carbocycles. The quantitative estimate of drug-likeness (QED) is 0.746. The molecule has 3 aromatic rings. The summed E-state index contributed by atoms with van der Waals surface area (Å²) < 4.78 is 6.96. The molecule has 2 heterocycles. The fraction of sp³-hybridized carbons (Fsp3) is 0.438. The molecule has 1 fully saturated rings. The van der Waals surface area contributed by atoms with Crippen molar-refractivity contribution < 1.29 is 4.74 Å². The monoisotopic (exact) mass is 312 g/mol. The molecule has 23 heavy (non-hydrogen) atoms. The summed E-state index contributed by atoms with van der Waals surface area (Å²) in [5, 5.41) is 8.85. The summed E-state index contributed by atoms with van der Waals surface area (Å²) in [5.41, 5.74) is 7.46. The van der Waals surface area contributed by atoms with Crippen LogP contribution in [0.4, 0.5) is 5.95 Å². The zero-order valence-corrected chi connectivity index (χ0v) is 13.3. The van der Waals surface area contributed by atoms with Crippen LogP contribution in [0.1, 0.15) is 25.6 Å². The molecule has 0 radical (unpaired) electrons. The number of aromatic nitrogens is 4. The van der Waals surface area contributed by atoms with Crippen LogP contribution in [-0.4, -0.2) is 32.7 Å². The van der Waals surface area contributed by atoms with Crippen molar-refractivity contribution in [1.82, 2.24) is 24.9 Å². The lowest BCUT2D eigenvalue weighted by Gasteiger charge is -2.09. The molecular weight excluding hydrogens is 292 g/mol. The first-order valence-corrected chi connectivity index (χ1v) is 7.88. The smallest absolute Gasteiger partial charge is 0.223 e. The number of para-hydroxylation sites is 1. The van der Waals surface area contributed by atoms with E-state index >= 15 is 0 Å². The number of nitrogens with zero attached hydrogens (tertiary/aromatic N) is 4. The van der Waals surface area contributed by atoms with Gasteiger partial charge < -0.3 is 15.8 Å². The van der Waals surface area contributed by atoms with Crippen LogP contribution in [0.15, 0.2) is 18.2 Å². The maximum atomic E-state index is 6.05. The SMILES string of the molecule is COc1cccc2c1nc(N)n1nc(CN[C@H](C)C3CC3)nc21. The number of nitrogens with two attached hydrogens (primary N) is 1. The summed E-state index contributed by atoms with van der Waals surface area (Å²) in [4.78, 5) is 9.06. The van der Waals surface area contributed by atoms with Gasteiger partial charge in [-0.2, -0.15) is 4.52 Å². The minimum Gasteiger partial charge on any atom is -0.494 e. The van der Waals surface area contributed by atoms with Crippen LogP contribution in [0.25, 0.3) is 16.6 Å². The fourth-order valence-corrected chi connectivity index (χ4v) is 2.92. The minimum absolute atomic E-state index is 0.311. The number of fused-ring (bicyclic) bond motifs is 3. The van der Waals surface area contributed by atoms with Gasteiger partial charge in [0.05, 0.1) is 13.7 Å². The number of hydrogen-bond acceptors (Lipinski definition) is 6. The van der Waals surface area contributed by atoms with E-state index in [0.717, 1.165) is 17.1 Å². The summed E-state index contributed by atoms with van der Waals surface area (Å²) in [7, 11) is 1.62. The van der Waals surface area contributed by atoms with Gasteiger partial charge in [0.1, 0.15) is 11.3 Å². The van der Waals surface area contributed by atoms with Gasteiger partial charge in [-0.15, -0.1) is 5.10 Å². The average molecular weight is 312 g/mol. The number of methoxy groups -OCH3 is 1. The Labute approximate surface area is 133 Å². The van der Waals surface area contributed by atoms with Crippen LogP contribution < -0.4 is 15.8 Å². The molecule has 0 aliphatic heterocycles. The molecule has 1 aliphatic carbocycles.